The lowest BCUT2D eigenvalue weighted by atomic mass is 10.0. The lowest BCUT2D eigenvalue weighted by Crippen LogP contribution is -2.52. The van der Waals surface area contributed by atoms with Crippen LogP contribution in [0.3, 0.4) is 0 Å². The molecule has 10 heteroatoms. The second kappa shape index (κ2) is 11.9. The van der Waals surface area contributed by atoms with Crippen LogP contribution in [0.4, 0.5) is 14.5 Å². The molecule has 3 amide bonds. The fourth-order valence-corrected chi connectivity index (χ4v) is 5.91. The molecule has 0 saturated carbocycles. The number of hydrogen-bond donors (Lipinski definition) is 1. The number of amides is 3. The Morgan fingerprint density at radius 1 is 0.977 bits per heavy atom. The van der Waals surface area contributed by atoms with Crippen LogP contribution in [0.5, 0.6) is 5.75 Å². The Labute approximate surface area is 248 Å². The van der Waals surface area contributed by atoms with Crippen molar-refractivity contribution in [3.63, 3.8) is 0 Å². The molecule has 43 heavy (non-hydrogen) atoms. The zero-order valence-corrected chi connectivity index (χ0v) is 23.4. The number of ether oxygens (including phenoxy) is 1. The summed E-state index contributed by atoms with van der Waals surface area (Å²) in [6, 6.07) is 14.3. The molecule has 0 aliphatic carbocycles. The second-order valence-electron chi connectivity index (χ2n) is 11.0. The van der Waals surface area contributed by atoms with Crippen LogP contribution in [0.1, 0.15) is 45.5 Å². The van der Waals surface area contributed by atoms with Crippen LogP contribution in [0, 0.1) is 24.0 Å². The van der Waals surface area contributed by atoms with Gasteiger partial charge in [0.25, 0.3) is 5.91 Å². The zero-order valence-electron chi connectivity index (χ0n) is 23.4. The van der Waals surface area contributed by atoms with Gasteiger partial charge in [-0.15, -0.1) is 6.42 Å². The SMILES string of the molecule is C#Cc1ccc(N2CCN(Cc3ccc(COc4cccc5c4CN([C@@H]4CCC(=O)NC4=O)C5=O)c(F)c3)CC2)c(F)c1. The predicted octanol–water partition coefficient (Wildman–Crippen LogP) is 3.61. The third kappa shape index (κ3) is 5.81. The van der Waals surface area contributed by atoms with Gasteiger partial charge in [0, 0.05) is 61.4 Å². The summed E-state index contributed by atoms with van der Waals surface area (Å²) in [5.41, 5.74) is 3.32. The molecule has 2 fully saturated rings. The van der Waals surface area contributed by atoms with Crippen LogP contribution >= 0.6 is 0 Å². The van der Waals surface area contributed by atoms with Crippen molar-refractivity contribution in [3.05, 3.63) is 94.0 Å². The summed E-state index contributed by atoms with van der Waals surface area (Å²) in [6.07, 6.45) is 5.80. The highest BCUT2D eigenvalue weighted by Crippen LogP contribution is 2.34. The van der Waals surface area contributed by atoms with Gasteiger partial charge in [0.15, 0.2) is 0 Å². The van der Waals surface area contributed by atoms with E-state index >= 15 is 4.39 Å². The van der Waals surface area contributed by atoms with Crippen LogP contribution in [-0.2, 0) is 29.3 Å². The molecule has 1 N–H and O–H groups in total. The number of carbonyl (C=O) groups is 3. The number of nitrogens with zero attached hydrogens (tertiary/aromatic N) is 3. The van der Waals surface area contributed by atoms with E-state index in [9.17, 15) is 18.8 Å². The van der Waals surface area contributed by atoms with Gasteiger partial charge in [-0.2, -0.15) is 0 Å². The Balaban J connectivity index is 1.05. The van der Waals surface area contributed by atoms with Gasteiger partial charge in [-0.25, -0.2) is 8.78 Å². The Bertz CT molecular complexity index is 1640. The van der Waals surface area contributed by atoms with Gasteiger partial charge in [-0.3, -0.25) is 24.6 Å². The number of nitrogens with one attached hydrogen (secondary N) is 1. The van der Waals surface area contributed by atoms with Gasteiger partial charge in [0.05, 0.1) is 12.2 Å². The maximum atomic E-state index is 15.1. The van der Waals surface area contributed by atoms with E-state index in [-0.39, 0.29) is 49.4 Å². The van der Waals surface area contributed by atoms with Crippen LogP contribution < -0.4 is 15.0 Å². The number of fused-ring (bicyclic) bond motifs is 1. The van der Waals surface area contributed by atoms with Crippen LogP contribution in [0.15, 0.2) is 54.6 Å². The van der Waals surface area contributed by atoms with Crippen LogP contribution in [-0.4, -0.2) is 59.7 Å². The second-order valence-corrected chi connectivity index (χ2v) is 11.0. The van der Waals surface area contributed by atoms with Crippen molar-refractivity contribution in [2.75, 3.05) is 31.1 Å². The first-order valence-electron chi connectivity index (χ1n) is 14.2. The fraction of sp³-hybridized carbons (Fsp3) is 0.303. The van der Waals surface area contributed by atoms with E-state index in [1.165, 1.54) is 17.0 Å². The predicted molar refractivity (Wildman–Crippen MR) is 155 cm³/mol. The van der Waals surface area contributed by atoms with Crippen molar-refractivity contribution < 1.29 is 27.9 Å². The van der Waals surface area contributed by atoms with Crippen molar-refractivity contribution in [2.24, 2.45) is 0 Å². The minimum atomic E-state index is -0.722. The number of terminal acetylenes is 1. The number of piperidine rings is 1. The smallest absolute Gasteiger partial charge is 0.255 e. The molecule has 3 heterocycles. The molecule has 0 unspecified atom stereocenters. The first kappa shape index (κ1) is 28.4. The van der Waals surface area contributed by atoms with Crippen molar-refractivity contribution in [3.8, 4) is 18.1 Å². The number of anilines is 1. The first-order valence-corrected chi connectivity index (χ1v) is 14.2. The standard InChI is InChI=1S/C33H30F2N4O4/c1-2-21-7-9-28(27(35)16-21)38-14-12-37(13-15-38)18-22-6-8-23(26(34)17-22)20-43-30-5-3-4-24-25(30)19-39(33(24)42)29-10-11-31(40)36-32(29)41/h1,3-9,16-17,29H,10-15,18-20H2,(H,36,40,41)/t29-/m1/s1. The molecule has 0 spiro atoms. The van der Waals surface area contributed by atoms with E-state index in [2.05, 4.69) is 16.1 Å². The molecular weight excluding hydrogens is 554 g/mol. The average Bonchev–Trinajstić information content (AvgIpc) is 3.33. The zero-order chi connectivity index (χ0) is 30.1. The Hall–Kier alpha value is -4.75. The number of rotatable bonds is 7. The lowest BCUT2D eigenvalue weighted by molar-refractivity contribution is -0.136. The molecule has 0 aromatic heterocycles. The Morgan fingerprint density at radius 3 is 2.51 bits per heavy atom. The number of piperazine rings is 1. The molecule has 2 saturated heterocycles. The van der Waals surface area contributed by atoms with Gasteiger partial charge in [0.1, 0.15) is 30.0 Å². The van der Waals surface area contributed by atoms with E-state index in [0.717, 1.165) is 5.56 Å². The third-order valence-corrected chi connectivity index (χ3v) is 8.27. The highest BCUT2D eigenvalue weighted by molar-refractivity contribution is 6.05. The molecule has 1 atom stereocenters. The Kier molecular flexibility index (Phi) is 7.82. The largest absolute Gasteiger partial charge is 0.488 e. The normalized spacial score (nSPS) is 18.8. The molecule has 0 bridgehead atoms. The van der Waals surface area contributed by atoms with Gasteiger partial charge in [-0.05, 0) is 48.4 Å². The average molecular weight is 585 g/mol. The fourth-order valence-electron chi connectivity index (χ4n) is 5.91. The minimum absolute atomic E-state index is 0.0299. The summed E-state index contributed by atoms with van der Waals surface area (Å²) in [7, 11) is 0. The number of imide groups is 1. The quantitative estimate of drug-likeness (QED) is 0.338. The number of hydrogen-bond acceptors (Lipinski definition) is 6. The van der Waals surface area contributed by atoms with E-state index < -0.39 is 11.9 Å². The van der Waals surface area contributed by atoms with Gasteiger partial charge in [0.2, 0.25) is 11.8 Å². The van der Waals surface area contributed by atoms with E-state index in [1.54, 1.807) is 36.4 Å². The molecule has 3 aliphatic heterocycles. The summed E-state index contributed by atoms with van der Waals surface area (Å²) in [5.74, 6) is 1.06. The summed E-state index contributed by atoms with van der Waals surface area (Å²) >= 11 is 0. The summed E-state index contributed by atoms with van der Waals surface area (Å²) in [4.78, 5) is 42.6. The number of benzene rings is 3. The van der Waals surface area contributed by atoms with Crippen molar-refractivity contribution in [1.82, 2.24) is 15.1 Å². The van der Waals surface area contributed by atoms with E-state index in [0.29, 0.717) is 66.4 Å². The minimum Gasteiger partial charge on any atom is -0.488 e. The highest BCUT2D eigenvalue weighted by atomic mass is 19.1. The number of carbonyl (C=O) groups excluding carboxylic acids is 3. The summed E-state index contributed by atoms with van der Waals surface area (Å²) in [6.45, 7) is 3.41. The van der Waals surface area contributed by atoms with Gasteiger partial charge >= 0.3 is 0 Å². The third-order valence-electron chi connectivity index (χ3n) is 8.27. The van der Waals surface area contributed by atoms with Gasteiger partial charge < -0.3 is 14.5 Å². The highest BCUT2D eigenvalue weighted by Gasteiger charge is 2.40. The van der Waals surface area contributed by atoms with E-state index in [4.69, 9.17) is 11.2 Å². The topological polar surface area (TPSA) is 82.2 Å². The monoisotopic (exact) mass is 584 g/mol. The molecule has 3 aromatic rings. The first-order chi connectivity index (χ1) is 20.8. The number of halogens is 2. The molecular formula is C33H30F2N4O4. The summed E-state index contributed by atoms with van der Waals surface area (Å²) in [5, 5.41) is 2.30. The van der Waals surface area contributed by atoms with Gasteiger partial charge in [-0.1, -0.05) is 24.1 Å². The Morgan fingerprint density at radius 2 is 1.79 bits per heavy atom. The van der Waals surface area contributed by atoms with Crippen molar-refractivity contribution in [1.29, 1.82) is 0 Å². The van der Waals surface area contributed by atoms with Crippen LogP contribution in [0.25, 0.3) is 0 Å². The molecule has 3 aromatic carbocycles. The van der Waals surface area contributed by atoms with Crippen molar-refractivity contribution >= 4 is 23.4 Å². The lowest BCUT2D eigenvalue weighted by Gasteiger charge is -2.36. The molecule has 8 nitrogen and oxygen atoms in total. The van der Waals surface area contributed by atoms with Crippen LogP contribution in [0.2, 0.25) is 0 Å². The summed E-state index contributed by atoms with van der Waals surface area (Å²) < 4.78 is 35.6. The maximum Gasteiger partial charge on any atom is 0.255 e. The molecule has 6 rings (SSSR count). The maximum absolute atomic E-state index is 15.1. The van der Waals surface area contributed by atoms with E-state index in [1.807, 2.05) is 11.0 Å². The molecule has 0 radical (unpaired) electrons. The van der Waals surface area contributed by atoms with Crippen molar-refractivity contribution in [2.45, 2.75) is 38.6 Å². The molecule has 3 aliphatic rings. The molecule has 220 valence electrons.